The molecule has 1 aromatic rings. The van der Waals surface area contributed by atoms with Gasteiger partial charge < -0.3 is 10.0 Å². The van der Waals surface area contributed by atoms with Gasteiger partial charge in [-0.2, -0.15) is 0 Å². The zero-order valence-corrected chi connectivity index (χ0v) is 13.9. The Bertz CT molecular complexity index is 407. The molecule has 2 rings (SSSR count). The number of hydrogen-bond donors (Lipinski definition) is 1. The van der Waals surface area contributed by atoms with Gasteiger partial charge in [0, 0.05) is 5.54 Å². The molecular formula is C19H31NO. The van der Waals surface area contributed by atoms with Gasteiger partial charge in [0.05, 0.1) is 6.10 Å². The van der Waals surface area contributed by atoms with Crippen LogP contribution in [0.15, 0.2) is 30.3 Å². The largest absolute Gasteiger partial charge is 0.391 e. The standard InChI is InChI=1S/C19H31NO/c1-16-12-14-19(15-13-16,20(2)3)18(21)11-7-10-17-8-5-4-6-9-17/h4-6,8-9,16,18,21H,7,10-15H2,1-3H3. The van der Waals surface area contributed by atoms with Gasteiger partial charge in [0.1, 0.15) is 0 Å². The molecule has 0 saturated heterocycles. The van der Waals surface area contributed by atoms with E-state index in [1.54, 1.807) is 0 Å². The van der Waals surface area contributed by atoms with Gasteiger partial charge in [-0.3, -0.25) is 0 Å². The number of benzene rings is 1. The van der Waals surface area contributed by atoms with Crippen molar-refractivity contribution < 1.29 is 5.11 Å². The van der Waals surface area contributed by atoms with Gasteiger partial charge in [-0.05, 0) is 70.5 Å². The van der Waals surface area contributed by atoms with E-state index in [9.17, 15) is 5.11 Å². The Morgan fingerprint density at radius 3 is 2.38 bits per heavy atom. The van der Waals surface area contributed by atoms with Crippen molar-refractivity contribution in [2.45, 2.75) is 63.5 Å². The number of likely N-dealkylation sites (N-methyl/N-ethyl adjacent to an activating group) is 1. The molecule has 21 heavy (non-hydrogen) atoms. The van der Waals surface area contributed by atoms with E-state index in [4.69, 9.17) is 0 Å². The van der Waals surface area contributed by atoms with Crippen LogP contribution in [0.4, 0.5) is 0 Å². The minimum absolute atomic E-state index is 0.00317. The van der Waals surface area contributed by atoms with Crippen molar-refractivity contribution in [2.75, 3.05) is 14.1 Å². The fourth-order valence-corrected chi connectivity index (χ4v) is 3.75. The quantitative estimate of drug-likeness (QED) is 0.859. The highest BCUT2D eigenvalue weighted by Crippen LogP contribution is 2.39. The minimum atomic E-state index is -0.205. The molecular weight excluding hydrogens is 258 g/mol. The predicted molar refractivity (Wildman–Crippen MR) is 89.4 cm³/mol. The van der Waals surface area contributed by atoms with E-state index in [0.717, 1.165) is 38.0 Å². The van der Waals surface area contributed by atoms with E-state index in [1.807, 2.05) is 0 Å². The molecule has 1 aliphatic carbocycles. The summed E-state index contributed by atoms with van der Waals surface area (Å²) in [6.45, 7) is 2.33. The third-order valence-corrected chi connectivity index (χ3v) is 5.44. The van der Waals surface area contributed by atoms with Crippen molar-refractivity contribution in [1.29, 1.82) is 0 Å². The first-order valence-corrected chi connectivity index (χ1v) is 8.44. The zero-order valence-electron chi connectivity index (χ0n) is 13.9. The molecule has 0 radical (unpaired) electrons. The molecule has 0 spiro atoms. The highest BCUT2D eigenvalue weighted by atomic mass is 16.3. The summed E-state index contributed by atoms with van der Waals surface area (Å²) in [6.07, 6.45) is 7.59. The third-order valence-electron chi connectivity index (χ3n) is 5.44. The lowest BCUT2D eigenvalue weighted by atomic mass is 9.72. The lowest BCUT2D eigenvalue weighted by Crippen LogP contribution is -2.55. The molecule has 1 fully saturated rings. The van der Waals surface area contributed by atoms with E-state index in [2.05, 4.69) is 56.3 Å². The summed E-state index contributed by atoms with van der Waals surface area (Å²) in [5, 5.41) is 10.8. The van der Waals surface area contributed by atoms with Gasteiger partial charge in [0.25, 0.3) is 0 Å². The maximum Gasteiger partial charge on any atom is 0.0723 e. The Morgan fingerprint density at radius 1 is 1.19 bits per heavy atom. The molecule has 0 amide bonds. The Balaban J connectivity index is 1.89. The highest BCUT2D eigenvalue weighted by Gasteiger charge is 2.41. The topological polar surface area (TPSA) is 23.5 Å². The second-order valence-electron chi connectivity index (χ2n) is 7.07. The Morgan fingerprint density at radius 2 is 1.81 bits per heavy atom. The van der Waals surface area contributed by atoms with Crippen molar-refractivity contribution in [1.82, 2.24) is 4.90 Å². The molecule has 1 unspecified atom stereocenters. The number of aryl methyl sites for hydroxylation is 1. The van der Waals surface area contributed by atoms with Crippen LogP contribution in [0.1, 0.15) is 51.0 Å². The van der Waals surface area contributed by atoms with Gasteiger partial charge in [0.15, 0.2) is 0 Å². The molecule has 1 aromatic carbocycles. The van der Waals surface area contributed by atoms with Crippen molar-refractivity contribution in [3.05, 3.63) is 35.9 Å². The zero-order chi connectivity index (χ0) is 15.3. The average Bonchev–Trinajstić information content (AvgIpc) is 2.49. The summed E-state index contributed by atoms with van der Waals surface area (Å²) >= 11 is 0. The van der Waals surface area contributed by atoms with Crippen LogP contribution in [-0.2, 0) is 6.42 Å². The number of aliphatic hydroxyl groups excluding tert-OH is 1. The second kappa shape index (κ2) is 7.42. The number of rotatable bonds is 6. The van der Waals surface area contributed by atoms with E-state index in [-0.39, 0.29) is 11.6 Å². The highest BCUT2D eigenvalue weighted by molar-refractivity contribution is 5.14. The van der Waals surface area contributed by atoms with E-state index >= 15 is 0 Å². The summed E-state index contributed by atoms with van der Waals surface area (Å²) in [6, 6.07) is 10.6. The first-order chi connectivity index (χ1) is 10.0. The number of hydrogen-bond acceptors (Lipinski definition) is 2. The first kappa shape index (κ1) is 16.5. The van der Waals surface area contributed by atoms with Crippen LogP contribution in [0.2, 0.25) is 0 Å². The number of aliphatic hydroxyl groups is 1. The molecule has 1 N–H and O–H groups in total. The van der Waals surface area contributed by atoms with Crippen LogP contribution in [0.3, 0.4) is 0 Å². The lowest BCUT2D eigenvalue weighted by Gasteiger charge is -2.47. The average molecular weight is 289 g/mol. The fourth-order valence-electron chi connectivity index (χ4n) is 3.75. The normalized spacial score (nSPS) is 27.8. The van der Waals surface area contributed by atoms with Crippen molar-refractivity contribution >= 4 is 0 Å². The summed E-state index contributed by atoms with van der Waals surface area (Å²) in [5.74, 6) is 0.814. The van der Waals surface area contributed by atoms with Gasteiger partial charge in [-0.1, -0.05) is 37.3 Å². The van der Waals surface area contributed by atoms with Gasteiger partial charge in [-0.25, -0.2) is 0 Å². The van der Waals surface area contributed by atoms with E-state index in [0.29, 0.717) is 0 Å². The number of nitrogens with zero attached hydrogens (tertiary/aromatic N) is 1. The molecule has 2 heteroatoms. The summed E-state index contributed by atoms with van der Waals surface area (Å²) < 4.78 is 0. The molecule has 2 nitrogen and oxygen atoms in total. The SMILES string of the molecule is CC1CCC(C(O)CCCc2ccccc2)(N(C)C)CC1. The Labute approximate surface area is 130 Å². The first-order valence-electron chi connectivity index (χ1n) is 8.44. The van der Waals surface area contributed by atoms with Crippen LogP contribution in [-0.4, -0.2) is 35.7 Å². The van der Waals surface area contributed by atoms with E-state index in [1.165, 1.54) is 18.4 Å². The van der Waals surface area contributed by atoms with Crippen LogP contribution in [0.25, 0.3) is 0 Å². The molecule has 0 bridgehead atoms. The molecule has 1 saturated carbocycles. The molecule has 0 heterocycles. The van der Waals surface area contributed by atoms with Crippen molar-refractivity contribution in [3.63, 3.8) is 0 Å². The van der Waals surface area contributed by atoms with Crippen LogP contribution in [0, 0.1) is 5.92 Å². The maximum atomic E-state index is 10.8. The monoisotopic (exact) mass is 289 g/mol. The summed E-state index contributed by atoms with van der Waals surface area (Å²) in [5.41, 5.74) is 1.38. The van der Waals surface area contributed by atoms with Crippen molar-refractivity contribution in [3.8, 4) is 0 Å². The second-order valence-corrected chi connectivity index (χ2v) is 7.07. The van der Waals surface area contributed by atoms with Crippen molar-refractivity contribution in [2.24, 2.45) is 5.92 Å². The predicted octanol–water partition coefficient (Wildman–Crippen LogP) is 3.88. The summed E-state index contributed by atoms with van der Waals surface area (Å²) in [7, 11) is 4.27. The van der Waals surface area contributed by atoms with Crippen LogP contribution >= 0.6 is 0 Å². The lowest BCUT2D eigenvalue weighted by molar-refractivity contribution is -0.0432. The fraction of sp³-hybridized carbons (Fsp3) is 0.684. The smallest absolute Gasteiger partial charge is 0.0723 e. The Kier molecular flexibility index (Phi) is 5.83. The molecule has 118 valence electrons. The maximum absolute atomic E-state index is 10.8. The molecule has 0 aromatic heterocycles. The molecule has 0 aliphatic heterocycles. The van der Waals surface area contributed by atoms with E-state index < -0.39 is 0 Å². The summed E-state index contributed by atoms with van der Waals surface area (Å²) in [4.78, 5) is 2.28. The Hall–Kier alpha value is -0.860. The van der Waals surface area contributed by atoms with Gasteiger partial charge in [0.2, 0.25) is 0 Å². The van der Waals surface area contributed by atoms with Crippen LogP contribution in [0.5, 0.6) is 0 Å². The van der Waals surface area contributed by atoms with Gasteiger partial charge in [-0.15, -0.1) is 0 Å². The minimum Gasteiger partial charge on any atom is -0.391 e. The van der Waals surface area contributed by atoms with Gasteiger partial charge >= 0.3 is 0 Å². The molecule has 1 atom stereocenters. The van der Waals surface area contributed by atoms with Crippen LogP contribution < -0.4 is 0 Å². The molecule has 1 aliphatic rings. The third kappa shape index (κ3) is 4.08.